The van der Waals surface area contributed by atoms with Crippen molar-refractivity contribution >= 4 is 28.8 Å². The summed E-state index contributed by atoms with van der Waals surface area (Å²) in [5, 5.41) is 5.80. The van der Waals surface area contributed by atoms with Gasteiger partial charge in [-0.05, 0) is 36.3 Å². The molecule has 0 aromatic carbocycles. The Bertz CT molecular complexity index is 572. The largest absolute Gasteiger partial charge is 0.356 e. The Morgan fingerprint density at radius 2 is 2.25 bits per heavy atom. The summed E-state index contributed by atoms with van der Waals surface area (Å²) in [7, 11) is 0. The van der Waals surface area contributed by atoms with E-state index < -0.39 is 0 Å². The van der Waals surface area contributed by atoms with E-state index in [2.05, 4.69) is 21.7 Å². The third-order valence-electron chi connectivity index (χ3n) is 3.90. The van der Waals surface area contributed by atoms with Gasteiger partial charge in [0.1, 0.15) is 5.69 Å². The minimum atomic E-state index is -0.0813. The molecule has 3 nitrogen and oxygen atoms in total. The molecule has 2 heterocycles. The number of rotatable bonds is 4. The lowest BCUT2D eigenvalue weighted by Gasteiger charge is -2.23. The Labute approximate surface area is 127 Å². The fourth-order valence-electron chi connectivity index (χ4n) is 2.90. The Balaban J connectivity index is 1.77. The molecule has 0 radical (unpaired) electrons. The van der Waals surface area contributed by atoms with Crippen molar-refractivity contribution in [3.05, 3.63) is 45.4 Å². The minimum absolute atomic E-state index is 0.0813. The van der Waals surface area contributed by atoms with E-state index in [0.717, 1.165) is 0 Å². The predicted molar refractivity (Wildman–Crippen MR) is 82.3 cm³/mol. The molecule has 1 amide bonds. The molecule has 20 heavy (non-hydrogen) atoms. The maximum atomic E-state index is 12.3. The van der Waals surface area contributed by atoms with Crippen molar-refractivity contribution in [2.24, 2.45) is 5.92 Å². The van der Waals surface area contributed by atoms with E-state index in [4.69, 9.17) is 11.6 Å². The zero-order valence-corrected chi connectivity index (χ0v) is 12.6. The topological polar surface area (TPSA) is 44.9 Å². The quantitative estimate of drug-likeness (QED) is 0.864. The standard InChI is InChI=1S/C15H17ClN2OS/c16-11-8-12(17-9-11)15(19)18-14(10-4-1-2-5-10)13-6-3-7-20-13/h3,6-10,14,17H,1-2,4-5H2,(H,18,19). The maximum Gasteiger partial charge on any atom is 0.268 e. The molecule has 2 N–H and O–H groups in total. The monoisotopic (exact) mass is 308 g/mol. The second-order valence-electron chi connectivity index (χ2n) is 5.24. The number of hydrogen-bond donors (Lipinski definition) is 2. The summed E-state index contributed by atoms with van der Waals surface area (Å²) in [5.41, 5.74) is 0.523. The Morgan fingerprint density at radius 3 is 2.85 bits per heavy atom. The maximum absolute atomic E-state index is 12.3. The Morgan fingerprint density at radius 1 is 1.45 bits per heavy atom. The Kier molecular flexibility index (Phi) is 4.13. The molecule has 0 aliphatic heterocycles. The van der Waals surface area contributed by atoms with E-state index in [-0.39, 0.29) is 11.9 Å². The van der Waals surface area contributed by atoms with Crippen LogP contribution in [0.15, 0.2) is 29.8 Å². The molecule has 0 bridgehead atoms. The minimum Gasteiger partial charge on any atom is -0.356 e. The summed E-state index contributed by atoms with van der Waals surface area (Å²) < 4.78 is 0. The summed E-state index contributed by atoms with van der Waals surface area (Å²) in [6.45, 7) is 0. The number of aromatic nitrogens is 1. The van der Waals surface area contributed by atoms with Crippen molar-refractivity contribution in [1.82, 2.24) is 10.3 Å². The average molecular weight is 309 g/mol. The lowest BCUT2D eigenvalue weighted by Crippen LogP contribution is -2.32. The van der Waals surface area contributed by atoms with Gasteiger partial charge in [0.25, 0.3) is 5.91 Å². The summed E-state index contributed by atoms with van der Waals surface area (Å²) in [5.74, 6) is 0.463. The molecule has 5 heteroatoms. The molecule has 2 aromatic rings. The number of H-pyrrole nitrogens is 1. The first-order valence-corrected chi connectivity index (χ1v) is 8.18. The van der Waals surface area contributed by atoms with Gasteiger partial charge < -0.3 is 10.3 Å². The molecular formula is C15H17ClN2OS. The highest BCUT2D eigenvalue weighted by molar-refractivity contribution is 7.10. The predicted octanol–water partition coefficient (Wildman–Crippen LogP) is 4.39. The zero-order chi connectivity index (χ0) is 13.9. The number of carbonyl (C=O) groups excluding carboxylic acids is 1. The van der Waals surface area contributed by atoms with Gasteiger partial charge in [0.15, 0.2) is 0 Å². The first-order chi connectivity index (χ1) is 9.74. The number of aromatic amines is 1. The van der Waals surface area contributed by atoms with Gasteiger partial charge in [-0.3, -0.25) is 4.79 Å². The van der Waals surface area contributed by atoms with E-state index in [0.29, 0.717) is 16.6 Å². The number of hydrogen-bond acceptors (Lipinski definition) is 2. The first-order valence-electron chi connectivity index (χ1n) is 6.92. The van der Waals surface area contributed by atoms with Crippen LogP contribution >= 0.6 is 22.9 Å². The summed E-state index contributed by atoms with van der Waals surface area (Å²) >= 11 is 7.57. The van der Waals surface area contributed by atoms with Gasteiger partial charge in [-0.25, -0.2) is 0 Å². The molecule has 1 atom stereocenters. The Hall–Kier alpha value is -1.26. The second kappa shape index (κ2) is 6.02. The van der Waals surface area contributed by atoms with E-state index in [1.807, 2.05) is 6.07 Å². The van der Waals surface area contributed by atoms with Crippen molar-refractivity contribution in [1.29, 1.82) is 0 Å². The molecule has 2 aromatic heterocycles. The van der Waals surface area contributed by atoms with E-state index in [1.165, 1.54) is 30.6 Å². The highest BCUT2D eigenvalue weighted by Gasteiger charge is 2.28. The van der Waals surface area contributed by atoms with Crippen LogP contribution in [0.3, 0.4) is 0 Å². The molecule has 1 fully saturated rings. The molecule has 1 unspecified atom stereocenters. The number of halogens is 1. The van der Waals surface area contributed by atoms with Crippen LogP contribution in [0.2, 0.25) is 5.02 Å². The smallest absolute Gasteiger partial charge is 0.268 e. The van der Waals surface area contributed by atoms with Crippen molar-refractivity contribution in [3.8, 4) is 0 Å². The normalized spacial score (nSPS) is 17.2. The highest BCUT2D eigenvalue weighted by atomic mass is 35.5. The first kappa shape index (κ1) is 13.7. The zero-order valence-electron chi connectivity index (χ0n) is 11.1. The van der Waals surface area contributed by atoms with Crippen molar-refractivity contribution in [2.75, 3.05) is 0 Å². The van der Waals surface area contributed by atoms with E-state index in [1.54, 1.807) is 23.6 Å². The second-order valence-corrected chi connectivity index (χ2v) is 6.66. The van der Waals surface area contributed by atoms with Crippen LogP contribution in [-0.2, 0) is 0 Å². The summed E-state index contributed by atoms with van der Waals surface area (Å²) in [4.78, 5) is 16.5. The van der Waals surface area contributed by atoms with Crippen LogP contribution in [0.1, 0.15) is 47.1 Å². The van der Waals surface area contributed by atoms with Crippen molar-refractivity contribution in [2.45, 2.75) is 31.7 Å². The SMILES string of the molecule is O=C(NC(c1cccs1)C1CCCC1)c1cc(Cl)c[nH]1. The molecular weight excluding hydrogens is 292 g/mol. The number of amides is 1. The lowest BCUT2D eigenvalue weighted by atomic mass is 9.96. The molecule has 106 valence electrons. The van der Waals surface area contributed by atoms with Crippen LogP contribution in [0.25, 0.3) is 0 Å². The highest BCUT2D eigenvalue weighted by Crippen LogP contribution is 2.37. The van der Waals surface area contributed by atoms with Gasteiger partial charge >= 0.3 is 0 Å². The fraction of sp³-hybridized carbons (Fsp3) is 0.400. The summed E-state index contributed by atoms with van der Waals surface area (Å²) in [6.07, 6.45) is 6.53. The van der Waals surface area contributed by atoms with Gasteiger partial charge in [-0.2, -0.15) is 0 Å². The third-order valence-corrected chi connectivity index (χ3v) is 5.07. The van der Waals surface area contributed by atoms with Gasteiger partial charge in [0, 0.05) is 11.1 Å². The van der Waals surface area contributed by atoms with Crippen LogP contribution in [0, 0.1) is 5.92 Å². The fourth-order valence-corrected chi connectivity index (χ4v) is 3.93. The molecule has 1 saturated carbocycles. The number of carbonyl (C=O) groups is 1. The molecule has 1 aliphatic carbocycles. The molecule has 0 saturated heterocycles. The van der Waals surface area contributed by atoms with Gasteiger partial charge in [0.2, 0.25) is 0 Å². The van der Waals surface area contributed by atoms with Gasteiger partial charge in [-0.15, -0.1) is 11.3 Å². The van der Waals surface area contributed by atoms with Crippen LogP contribution in [-0.4, -0.2) is 10.9 Å². The molecule has 0 spiro atoms. The van der Waals surface area contributed by atoms with E-state index >= 15 is 0 Å². The van der Waals surface area contributed by atoms with E-state index in [9.17, 15) is 4.79 Å². The van der Waals surface area contributed by atoms with Gasteiger partial charge in [-0.1, -0.05) is 30.5 Å². The molecule has 1 aliphatic rings. The van der Waals surface area contributed by atoms with Crippen molar-refractivity contribution < 1.29 is 4.79 Å². The molecule has 3 rings (SSSR count). The van der Waals surface area contributed by atoms with Crippen molar-refractivity contribution in [3.63, 3.8) is 0 Å². The van der Waals surface area contributed by atoms with Crippen LogP contribution in [0.5, 0.6) is 0 Å². The number of nitrogens with one attached hydrogen (secondary N) is 2. The number of thiophene rings is 1. The average Bonchev–Trinajstić information content (AvgIpc) is 3.17. The summed E-state index contributed by atoms with van der Waals surface area (Å²) in [6, 6.07) is 5.93. The lowest BCUT2D eigenvalue weighted by molar-refractivity contribution is 0.0918. The van der Waals surface area contributed by atoms with Crippen LogP contribution < -0.4 is 5.32 Å². The van der Waals surface area contributed by atoms with Crippen LogP contribution in [0.4, 0.5) is 0 Å². The third kappa shape index (κ3) is 2.91. The van der Waals surface area contributed by atoms with Gasteiger partial charge in [0.05, 0.1) is 11.1 Å².